The van der Waals surface area contributed by atoms with Gasteiger partial charge in [-0.05, 0) is 19.3 Å². The van der Waals surface area contributed by atoms with Crippen molar-refractivity contribution < 1.29 is 4.74 Å². The zero-order valence-corrected chi connectivity index (χ0v) is 5.68. The summed E-state index contributed by atoms with van der Waals surface area (Å²) in [7, 11) is 0. The van der Waals surface area contributed by atoms with E-state index < -0.39 is 0 Å². The minimum absolute atomic E-state index is 0.597. The van der Waals surface area contributed by atoms with Crippen molar-refractivity contribution in [2.75, 3.05) is 0 Å². The van der Waals surface area contributed by atoms with Crippen LogP contribution in [0.3, 0.4) is 0 Å². The molecule has 1 aliphatic heterocycles. The van der Waals surface area contributed by atoms with Gasteiger partial charge in [0.25, 0.3) is 0 Å². The summed E-state index contributed by atoms with van der Waals surface area (Å²) in [6, 6.07) is 0. The molecule has 1 saturated heterocycles. The van der Waals surface area contributed by atoms with Crippen LogP contribution in [0, 0.1) is 0 Å². The highest BCUT2D eigenvalue weighted by molar-refractivity contribution is 4.74. The summed E-state index contributed by atoms with van der Waals surface area (Å²) >= 11 is 0. The molecule has 1 fully saturated rings. The zero-order chi connectivity index (χ0) is 5.98. The number of hydrogen-bond acceptors (Lipinski definition) is 1. The molecule has 0 saturated carbocycles. The molecular formula is C7H14O. The Balaban J connectivity index is 2.03. The Kier molecular flexibility index (Phi) is 1.90. The normalized spacial score (nSPS) is 36.8. The second-order valence-electron chi connectivity index (χ2n) is 2.43. The first kappa shape index (κ1) is 6.09. The van der Waals surface area contributed by atoms with Crippen molar-refractivity contribution in [2.45, 2.75) is 45.3 Å². The minimum Gasteiger partial charge on any atom is -0.375 e. The fraction of sp³-hybridized carbons (Fsp3) is 1.00. The quantitative estimate of drug-likeness (QED) is 0.533. The number of rotatable bonds is 2. The van der Waals surface area contributed by atoms with Crippen molar-refractivity contribution in [3.8, 4) is 0 Å². The molecule has 1 heteroatoms. The smallest absolute Gasteiger partial charge is 0.0601 e. The molecule has 1 heterocycles. The largest absolute Gasteiger partial charge is 0.375 e. The van der Waals surface area contributed by atoms with Gasteiger partial charge in [0.1, 0.15) is 0 Å². The lowest BCUT2D eigenvalue weighted by molar-refractivity contribution is -0.125. The van der Waals surface area contributed by atoms with Crippen LogP contribution < -0.4 is 0 Å². The lowest BCUT2D eigenvalue weighted by Crippen LogP contribution is -2.35. The maximum Gasteiger partial charge on any atom is 0.0601 e. The molecule has 0 N–H and O–H groups in total. The molecule has 1 aliphatic rings. The van der Waals surface area contributed by atoms with E-state index >= 15 is 0 Å². The Labute approximate surface area is 51.0 Å². The van der Waals surface area contributed by atoms with E-state index in [0.29, 0.717) is 12.2 Å². The topological polar surface area (TPSA) is 9.23 Å². The number of hydrogen-bond donors (Lipinski definition) is 0. The first-order valence-electron chi connectivity index (χ1n) is 3.52. The summed E-state index contributed by atoms with van der Waals surface area (Å²) in [5.41, 5.74) is 0. The molecule has 2 atom stereocenters. The molecule has 0 radical (unpaired) electrons. The fourth-order valence-corrected chi connectivity index (χ4v) is 1.08. The Hall–Kier alpha value is -0.0400. The van der Waals surface area contributed by atoms with Gasteiger partial charge in [-0.1, -0.05) is 13.8 Å². The SMILES string of the molecule is CCC1CC(CC)O1. The van der Waals surface area contributed by atoms with Gasteiger partial charge in [0.15, 0.2) is 0 Å². The average molecular weight is 114 g/mol. The molecule has 0 aromatic carbocycles. The van der Waals surface area contributed by atoms with E-state index in [1.807, 2.05) is 0 Å². The van der Waals surface area contributed by atoms with Crippen LogP contribution in [-0.2, 0) is 4.74 Å². The van der Waals surface area contributed by atoms with E-state index in [1.54, 1.807) is 0 Å². The Bertz CT molecular complexity index is 56.8. The highest BCUT2D eigenvalue weighted by Crippen LogP contribution is 2.24. The lowest BCUT2D eigenvalue weighted by atomic mass is 10.0. The summed E-state index contributed by atoms with van der Waals surface area (Å²) in [5, 5.41) is 0. The Morgan fingerprint density at radius 1 is 1.25 bits per heavy atom. The minimum atomic E-state index is 0.597. The number of ether oxygens (including phenoxy) is 1. The first-order chi connectivity index (χ1) is 3.86. The molecule has 0 amide bonds. The molecular weight excluding hydrogens is 100 g/mol. The molecule has 2 unspecified atom stereocenters. The standard InChI is InChI=1S/C7H14O/c1-3-6-5-7(4-2)8-6/h6-7H,3-5H2,1-2H3. The fourth-order valence-electron chi connectivity index (χ4n) is 1.08. The van der Waals surface area contributed by atoms with E-state index in [0.717, 1.165) is 0 Å². The van der Waals surface area contributed by atoms with Crippen molar-refractivity contribution >= 4 is 0 Å². The van der Waals surface area contributed by atoms with Crippen LogP contribution in [-0.4, -0.2) is 12.2 Å². The second-order valence-corrected chi connectivity index (χ2v) is 2.43. The van der Waals surface area contributed by atoms with Gasteiger partial charge in [0.05, 0.1) is 12.2 Å². The maximum absolute atomic E-state index is 5.44. The van der Waals surface area contributed by atoms with E-state index in [9.17, 15) is 0 Å². The summed E-state index contributed by atoms with van der Waals surface area (Å²) in [6.07, 6.45) is 4.87. The third-order valence-corrected chi connectivity index (χ3v) is 1.82. The van der Waals surface area contributed by atoms with Crippen LogP contribution in [0.2, 0.25) is 0 Å². The van der Waals surface area contributed by atoms with Crippen molar-refractivity contribution in [1.82, 2.24) is 0 Å². The summed E-state index contributed by atoms with van der Waals surface area (Å²) in [5.74, 6) is 0. The van der Waals surface area contributed by atoms with Crippen LogP contribution in [0.1, 0.15) is 33.1 Å². The highest BCUT2D eigenvalue weighted by atomic mass is 16.5. The van der Waals surface area contributed by atoms with Gasteiger partial charge in [-0.3, -0.25) is 0 Å². The van der Waals surface area contributed by atoms with E-state index in [4.69, 9.17) is 4.74 Å². The lowest BCUT2D eigenvalue weighted by Gasteiger charge is -2.34. The first-order valence-corrected chi connectivity index (χ1v) is 3.52. The van der Waals surface area contributed by atoms with Gasteiger partial charge in [0, 0.05) is 0 Å². The average Bonchev–Trinajstić information content (AvgIpc) is 1.65. The van der Waals surface area contributed by atoms with Crippen LogP contribution in [0.5, 0.6) is 0 Å². The molecule has 0 aliphatic carbocycles. The predicted octanol–water partition coefficient (Wildman–Crippen LogP) is 1.96. The van der Waals surface area contributed by atoms with Crippen molar-refractivity contribution in [3.05, 3.63) is 0 Å². The van der Waals surface area contributed by atoms with Gasteiger partial charge >= 0.3 is 0 Å². The summed E-state index contributed by atoms with van der Waals surface area (Å²) < 4.78 is 5.44. The van der Waals surface area contributed by atoms with Gasteiger partial charge in [0.2, 0.25) is 0 Å². The zero-order valence-electron chi connectivity index (χ0n) is 5.68. The summed E-state index contributed by atoms with van der Waals surface area (Å²) in [4.78, 5) is 0. The van der Waals surface area contributed by atoms with Gasteiger partial charge in [-0.25, -0.2) is 0 Å². The molecule has 8 heavy (non-hydrogen) atoms. The molecule has 0 spiro atoms. The van der Waals surface area contributed by atoms with Gasteiger partial charge < -0.3 is 4.74 Å². The van der Waals surface area contributed by atoms with Crippen molar-refractivity contribution in [2.24, 2.45) is 0 Å². The monoisotopic (exact) mass is 114 g/mol. The summed E-state index contributed by atoms with van der Waals surface area (Å²) in [6.45, 7) is 4.35. The third-order valence-electron chi connectivity index (χ3n) is 1.82. The molecule has 0 aromatic rings. The van der Waals surface area contributed by atoms with Crippen LogP contribution in [0.25, 0.3) is 0 Å². The van der Waals surface area contributed by atoms with Crippen LogP contribution in [0.4, 0.5) is 0 Å². The Morgan fingerprint density at radius 2 is 1.62 bits per heavy atom. The third kappa shape index (κ3) is 1.03. The maximum atomic E-state index is 5.44. The second kappa shape index (κ2) is 2.49. The van der Waals surface area contributed by atoms with Gasteiger partial charge in [-0.2, -0.15) is 0 Å². The van der Waals surface area contributed by atoms with E-state index in [-0.39, 0.29) is 0 Å². The molecule has 0 bridgehead atoms. The van der Waals surface area contributed by atoms with E-state index in [2.05, 4.69) is 13.8 Å². The molecule has 48 valence electrons. The van der Waals surface area contributed by atoms with E-state index in [1.165, 1.54) is 19.3 Å². The van der Waals surface area contributed by atoms with Crippen molar-refractivity contribution in [1.29, 1.82) is 0 Å². The van der Waals surface area contributed by atoms with Gasteiger partial charge in [-0.15, -0.1) is 0 Å². The molecule has 1 rings (SSSR count). The van der Waals surface area contributed by atoms with Crippen LogP contribution in [0.15, 0.2) is 0 Å². The molecule has 1 nitrogen and oxygen atoms in total. The molecule has 0 aromatic heterocycles. The Morgan fingerprint density at radius 3 is 1.88 bits per heavy atom. The van der Waals surface area contributed by atoms with Crippen LogP contribution >= 0.6 is 0 Å². The predicted molar refractivity (Wildman–Crippen MR) is 33.9 cm³/mol. The highest BCUT2D eigenvalue weighted by Gasteiger charge is 2.25. The van der Waals surface area contributed by atoms with Crippen molar-refractivity contribution in [3.63, 3.8) is 0 Å².